The van der Waals surface area contributed by atoms with E-state index in [1.165, 1.54) is 18.1 Å². The number of amides is 2. The molecule has 1 fully saturated rings. The lowest BCUT2D eigenvalue weighted by Crippen LogP contribution is -2.36. The molecule has 0 spiro atoms. The second kappa shape index (κ2) is 9.27. The van der Waals surface area contributed by atoms with Crippen molar-refractivity contribution in [3.8, 4) is 5.75 Å². The number of likely N-dealkylation sites (tertiary alicyclic amines) is 1. The molecule has 0 aromatic heterocycles. The van der Waals surface area contributed by atoms with E-state index < -0.39 is 18.5 Å². The Kier molecular flexibility index (Phi) is 7.06. The monoisotopic (exact) mass is 368 g/mol. The predicted molar refractivity (Wildman–Crippen MR) is 92.6 cm³/mol. The number of carbonyl (C=O) groups is 3. The number of rotatable bonds is 6. The van der Waals surface area contributed by atoms with Crippen LogP contribution in [0.5, 0.6) is 5.75 Å². The van der Waals surface area contributed by atoms with Crippen molar-refractivity contribution in [2.24, 2.45) is 0 Å². The number of carbonyl (C=O) groups excluding carboxylic acids is 3. The van der Waals surface area contributed by atoms with Gasteiger partial charge in [-0.25, -0.2) is 0 Å². The Morgan fingerprint density at radius 2 is 2.08 bits per heavy atom. The minimum Gasteiger partial charge on any atom is -0.495 e. The first kappa shape index (κ1) is 19.1. The molecule has 1 aliphatic heterocycles. The van der Waals surface area contributed by atoms with Gasteiger partial charge in [-0.1, -0.05) is 18.0 Å². The van der Waals surface area contributed by atoms with E-state index in [1.807, 2.05) is 0 Å². The summed E-state index contributed by atoms with van der Waals surface area (Å²) in [5, 5.41) is 3.01. The number of nitrogens with one attached hydrogen (secondary N) is 1. The second-order valence-electron chi connectivity index (χ2n) is 5.68. The summed E-state index contributed by atoms with van der Waals surface area (Å²) in [7, 11) is 1.47. The molecule has 0 unspecified atom stereocenters. The molecule has 2 rings (SSSR count). The summed E-state index contributed by atoms with van der Waals surface area (Å²) in [6.07, 6.45) is 3.13. The lowest BCUT2D eigenvalue weighted by Gasteiger charge is -2.19. The van der Waals surface area contributed by atoms with E-state index in [-0.39, 0.29) is 12.5 Å². The van der Waals surface area contributed by atoms with E-state index >= 15 is 0 Å². The lowest BCUT2D eigenvalue weighted by atomic mass is 10.2. The first-order chi connectivity index (χ1) is 12.0. The highest BCUT2D eigenvalue weighted by Crippen LogP contribution is 2.27. The Balaban J connectivity index is 1.82. The van der Waals surface area contributed by atoms with Crippen LogP contribution in [0.15, 0.2) is 18.2 Å². The van der Waals surface area contributed by atoms with Crippen LogP contribution in [0.25, 0.3) is 0 Å². The zero-order valence-corrected chi connectivity index (χ0v) is 14.8. The Bertz CT molecular complexity index is 650. The molecule has 8 heteroatoms. The molecule has 0 aliphatic carbocycles. The van der Waals surface area contributed by atoms with Gasteiger partial charge in [-0.15, -0.1) is 0 Å². The van der Waals surface area contributed by atoms with Crippen LogP contribution >= 0.6 is 11.6 Å². The van der Waals surface area contributed by atoms with Crippen LogP contribution in [0, 0.1) is 0 Å². The van der Waals surface area contributed by atoms with E-state index in [0.29, 0.717) is 29.4 Å². The van der Waals surface area contributed by atoms with Gasteiger partial charge in [0.15, 0.2) is 6.61 Å². The molecule has 2 amide bonds. The Morgan fingerprint density at radius 3 is 2.84 bits per heavy atom. The molecule has 1 aliphatic rings. The number of anilines is 1. The SMILES string of the molecule is COc1ccc(Cl)cc1NC(=O)COC(=O)CN1CCCCCC1=O. The normalized spacial score (nSPS) is 14.6. The number of nitrogens with zero attached hydrogens (tertiary/aromatic N) is 1. The third-order valence-electron chi connectivity index (χ3n) is 3.79. The van der Waals surface area contributed by atoms with Gasteiger partial charge in [0, 0.05) is 18.0 Å². The fourth-order valence-electron chi connectivity index (χ4n) is 2.52. The Labute approximate surface area is 151 Å². The number of esters is 1. The average molecular weight is 369 g/mol. The summed E-state index contributed by atoms with van der Waals surface area (Å²) in [6, 6.07) is 4.79. The van der Waals surface area contributed by atoms with Crippen LogP contribution in [0.3, 0.4) is 0 Å². The molecule has 1 saturated heterocycles. The molecule has 136 valence electrons. The smallest absolute Gasteiger partial charge is 0.326 e. The van der Waals surface area contributed by atoms with Gasteiger partial charge in [0.2, 0.25) is 5.91 Å². The molecule has 7 nitrogen and oxygen atoms in total. The van der Waals surface area contributed by atoms with Crippen LogP contribution in [0.1, 0.15) is 25.7 Å². The Hall–Kier alpha value is -2.28. The van der Waals surface area contributed by atoms with E-state index in [4.69, 9.17) is 21.1 Å². The van der Waals surface area contributed by atoms with Crippen molar-refractivity contribution in [3.63, 3.8) is 0 Å². The molecule has 0 atom stereocenters. The van der Waals surface area contributed by atoms with E-state index in [9.17, 15) is 14.4 Å². The first-order valence-electron chi connectivity index (χ1n) is 8.06. The maximum atomic E-state index is 11.9. The largest absolute Gasteiger partial charge is 0.495 e. The Morgan fingerprint density at radius 1 is 1.28 bits per heavy atom. The fraction of sp³-hybridized carbons (Fsp3) is 0.471. The van der Waals surface area contributed by atoms with Crippen molar-refractivity contribution in [3.05, 3.63) is 23.2 Å². The first-order valence-corrected chi connectivity index (χ1v) is 8.44. The zero-order chi connectivity index (χ0) is 18.2. The molecule has 0 saturated carbocycles. The highest BCUT2D eigenvalue weighted by Gasteiger charge is 2.20. The molecule has 0 bridgehead atoms. The third kappa shape index (κ3) is 5.94. The predicted octanol–water partition coefficient (Wildman–Crippen LogP) is 2.23. The van der Waals surface area contributed by atoms with Crippen LogP contribution < -0.4 is 10.1 Å². The van der Waals surface area contributed by atoms with Crippen molar-refractivity contribution in [2.75, 3.05) is 32.1 Å². The van der Waals surface area contributed by atoms with Crippen molar-refractivity contribution >= 4 is 35.1 Å². The zero-order valence-electron chi connectivity index (χ0n) is 14.0. The molecule has 0 radical (unpaired) electrons. The van der Waals surface area contributed by atoms with Crippen LogP contribution in [-0.2, 0) is 19.1 Å². The lowest BCUT2D eigenvalue weighted by molar-refractivity contribution is -0.151. The van der Waals surface area contributed by atoms with Gasteiger partial charge in [-0.2, -0.15) is 0 Å². The van der Waals surface area contributed by atoms with Gasteiger partial charge >= 0.3 is 5.97 Å². The minimum atomic E-state index is -0.608. The van der Waals surface area contributed by atoms with Gasteiger partial charge in [0.25, 0.3) is 5.91 Å². The fourth-order valence-corrected chi connectivity index (χ4v) is 2.69. The summed E-state index contributed by atoms with van der Waals surface area (Å²) in [4.78, 5) is 37.1. The van der Waals surface area contributed by atoms with Crippen molar-refractivity contribution in [1.29, 1.82) is 0 Å². The molecule has 25 heavy (non-hydrogen) atoms. The minimum absolute atomic E-state index is 0.0532. The van der Waals surface area contributed by atoms with E-state index in [1.54, 1.807) is 12.1 Å². The number of hydrogen-bond acceptors (Lipinski definition) is 5. The van der Waals surface area contributed by atoms with Crippen LogP contribution in [0.4, 0.5) is 5.69 Å². The highest BCUT2D eigenvalue weighted by atomic mass is 35.5. The van der Waals surface area contributed by atoms with Crippen molar-refractivity contribution < 1.29 is 23.9 Å². The summed E-state index contributed by atoms with van der Waals surface area (Å²) in [5.74, 6) is -0.735. The van der Waals surface area contributed by atoms with Crippen molar-refractivity contribution in [2.45, 2.75) is 25.7 Å². The summed E-state index contributed by atoms with van der Waals surface area (Å²) in [6.45, 7) is -0.0387. The van der Waals surface area contributed by atoms with Gasteiger partial charge in [0.1, 0.15) is 12.3 Å². The van der Waals surface area contributed by atoms with Crippen LogP contribution in [0.2, 0.25) is 5.02 Å². The third-order valence-corrected chi connectivity index (χ3v) is 4.03. The topological polar surface area (TPSA) is 84.9 Å². The number of halogens is 1. The van der Waals surface area contributed by atoms with Gasteiger partial charge < -0.3 is 19.7 Å². The van der Waals surface area contributed by atoms with Gasteiger partial charge in [-0.05, 0) is 31.0 Å². The summed E-state index contributed by atoms with van der Waals surface area (Å²) < 4.78 is 10.1. The van der Waals surface area contributed by atoms with E-state index in [2.05, 4.69) is 5.32 Å². The molecular formula is C17H21ClN2O5. The molecule has 1 N–H and O–H groups in total. The highest BCUT2D eigenvalue weighted by molar-refractivity contribution is 6.31. The number of methoxy groups -OCH3 is 1. The second-order valence-corrected chi connectivity index (χ2v) is 6.12. The van der Waals surface area contributed by atoms with Gasteiger partial charge in [-0.3, -0.25) is 14.4 Å². The van der Waals surface area contributed by atoms with E-state index in [0.717, 1.165) is 19.3 Å². The summed E-state index contributed by atoms with van der Waals surface area (Å²) in [5.41, 5.74) is 0.388. The van der Waals surface area contributed by atoms with Gasteiger partial charge in [0.05, 0.1) is 12.8 Å². The number of benzene rings is 1. The maximum absolute atomic E-state index is 11.9. The summed E-state index contributed by atoms with van der Waals surface area (Å²) >= 11 is 5.89. The number of hydrogen-bond donors (Lipinski definition) is 1. The average Bonchev–Trinajstić information content (AvgIpc) is 2.78. The maximum Gasteiger partial charge on any atom is 0.326 e. The quantitative estimate of drug-likeness (QED) is 0.778. The van der Waals surface area contributed by atoms with Crippen LogP contribution in [-0.4, -0.2) is 49.5 Å². The standard InChI is InChI=1S/C17H21ClN2O5/c1-24-14-7-6-12(18)9-13(14)19-15(21)11-25-17(23)10-20-8-4-2-3-5-16(20)22/h6-7,9H,2-5,8,10-11H2,1H3,(H,19,21). The molecule has 1 heterocycles. The van der Waals surface area contributed by atoms with Crippen molar-refractivity contribution in [1.82, 2.24) is 4.90 Å². The number of ether oxygens (including phenoxy) is 2. The molecule has 1 aromatic carbocycles. The molecule has 1 aromatic rings. The molecular weight excluding hydrogens is 348 g/mol.